The van der Waals surface area contributed by atoms with Crippen molar-refractivity contribution in [2.45, 2.75) is 18.8 Å². The third kappa shape index (κ3) is 1.80. The molecule has 1 aliphatic carbocycles. The number of rotatable bonds is 2. The van der Waals surface area contributed by atoms with E-state index in [1.165, 1.54) is 18.9 Å². The van der Waals surface area contributed by atoms with Crippen LogP contribution >= 0.6 is 15.9 Å². The number of aromatic nitrogens is 1. The molecule has 2 nitrogen and oxygen atoms in total. The van der Waals surface area contributed by atoms with Crippen LogP contribution in [0.1, 0.15) is 24.5 Å². The van der Waals surface area contributed by atoms with Gasteiger partial charge in [-0.25, -0.2) is 4.39 Å². The number of anilines is 1. The minimum absolute atomic E-state index is 0.234. The van der Waals surface area contributed by atoms with Crippen molar-refractivity contribution >= 4 is 32.5 Å². The van der Waals surface area contributed by atoms with Crippen molar-refractivity contribution in [1.29, 1.82) is 0 Å². The van der Waals surface area contributed by atoms with E-state index in [0.717, 1.165) is 15.9 Å². The molecular weight excluding hydrogens is 283 g/mol. The maximum atomic E-state index is 13.9. The summed E-state index contributed by atoms with van der Waals surface area (Å²) in [6.45, 7) is 0. The normalized spacial score (nSPS) is 15.2. The summed E-state index contributed by atoms with van der Waals surface area (Å²) in [4.78, 5) is 4.58. The topological polar surface area (TPSA) is 24.9 Å². The molecule has 1 fully saturated rings. The molecule has 4 heteroatoms. The van der Waals surface area contributed by atoms with Crippen LogP contribution in [0.3, 0.4) is 0 Å². The van der Waals surface area contributed by atoms with E-state index < -0.39 is 0 Å². The highest BCUT2D eigenvalue weighted by Gasteiger charge is 2.26. The minimum atomic E-state index is -0.234. The fraction of sp³-hybridized carbons (Fsp3) is 0.308. The van der Waals surface area contributed by atoms with E-state index in [9.17, 15) is 4.39 Å². The summed E-state index contributed by atoms with van der Waals surface area (Å²) in [5, 5.41) is 3.62. The Morgan fingerprint density at radius 1 is 1.41 bits per heavy atom. The van der Waals surface area contributed by atoms with Crippen LogP contribution in [0.15, 0.2) is 22.7 Å². The monoisotopic (exact) mass is 294 g/mol. The van der Waals surface area contributed by atoms with Crippen LogP contribution < -0.4 is 5.32 Å². The number of fused-ring (bicyclic) bond motifs is 1. The first kappa shape index (κ1) is 11.0. The highest BCUT2D eigenvalue weighted by molar-refractivity contribution is 9.10. The predicted molar refractivity (Wildman–Crippen MR) is 70.9 cm³/mol. The summed E-state index contributed by atoms with van der Waals surface area (Å²) in [7, 11) is 1.81. The molecule has 0 bridgehead atoms. The molecule has 0 aliphatic heterocycles. The van der Waals surface area contributed by atoms with Gasteiger partial charge in [-0.15, -0.1) is 0 Å². The Morgan fingerprint density at radius 2 is 2.18 bits per heavy atom. The average molecular weight is 295 g/mol. The Bertz CT molecular complexity index is 593. The first-order valence-corrected chi connectivity index (χ1v) is 6.46. The predicted octanol–water partition coefficient (Wildman–Crippen LogP) is 4.06. The fourth-order valence-corrected chi connectivity index (χ4v) is 2.49. The van der Waals surface area contributed by atoms with E-state index >= 15 is 0 Å². The number of hydrogen-bond acceptors (Lipinski definition) is 2. The summed E-state index contributed by atoms with van der Waals surface area (Å²) in [6, 6.07) is 5.14. The van der Waals surface area contributed by atoms with Crippen LogP contribution in [-0.4, -0.2) is 12.0 Å². The molecule has 1 aliphatic rings. The molecule has 2 aromatic rings. The summed E-state index contributed by atoms with van der Waals surface area (Å²) in [6.07, 6.45) is 2.38. The molecule has 1 heterocycles. The van der Waals surface area contributed by atoms with Crippen LogP contribution in [0.4, 0.5) is 10.1 Å². The molecular formula is C13H12BrFN2. The quantitative estimate of drug-likeness (QED) is 0.904. The third-order valence-electron chi connectivity index (χ3n) is 3.15. The Hall–Kier alpha value is -1.16. The molecule has 1 aromatic carbocycles. The van der Waals surface area contributed by atoms with E-state index in [1.807, 2.05) is 13.1 Å². The molecule has 0 saturated heterocycles. The third-order valence-corrected chi connectivity index (χ3v) is 3.79. The van der Waals surface area contributed by atoms with Gasteiger partial charge in [0.2, 0.25) is 0 Å². The van der Waals surface area contributed by atoms with Crippen molar-refractivity contribution in [2.24, 2.45) is 0 Å². The zero-order valence-electron chi connectivity index (χ0n) is 9.43. The summed E-state index contributed by atoms with van der Waals surface area (Å²) in [5.41, 5.74) is 2.59. The molecule has 0 unspecified atom stereocenters. The molecule has 17 heavy (non-hydrogen) atoms. The summed E-state index contributed by atoms with van der Waals surface area (Å²) < 4.78 is 14.7. The number of nitrogens with zero attached hydrogens (tertiary/aromatic N) is 1. The first-order chi connectivity index (χ1) is 8.20. The Morgan fingerprint density at radius 3 is 2.82 bits per heavy atom. The first-order valence-electron chi connectivity index (χ1n) is 5.67. The van der Waals surface area contributed by atoms with Gasteiger partial charge in [0, 0.05) is 28.8 Å². The Labute approximate surface area is 107 Å². The molecule has 1 N–H and O–H groups in total. The number of benzene rings is 1. The Balaban J connectivity index is 2.35. The maximum Gasteiger partial charge on any atom is 0.134 e. The number of pyridine rings is 1. The van der Waals surface area contributed by atoms with E-state index in [0.29, 0.717) is 16.8 Å². The number of nitrogens with one attached hydrogen (secondary N) is 1. The van der Waals surface area contributed by atoms with Gasteiger partial charge in [0.25, 0.3) is 0 Å². The van der Waals surface area contributed by atoms with Gasteiger partial charge in [0.1, 0.15) is 5.82 Å². The SMILES string of the molecule is CNc1cc(C2CC2)nc2c(Br)ccc(F)c12. The van der Waals surface area contributed by atoms with Gasteiger partial charge < -0.3 is 5.32 Å². The van der Waals surface area contributed by atoms with E-state index in [-0.39, 0.29) is 5.82 Å². The second-order valence-corrected chi connectivity index (χ2v) is 5.23. The van der Waals surface area contributed by atoms with Gasteiger partial charge in [-0.3, -0.25) is 4.98 Å². The largest absolute Gasteiger partial charge is 0.387 e. The molecule has 1 saturated carbocycles. The maximum absolute atomic E-state index is 13.9. The smallest absolute Gasteiger partial charge is 0.134 e. The fourth-order valence-electron chi connectivity index (χ4n) is 2.07. The Kier molecular flexibility index (Phi) is 2.54. The minimum Gasteiger partial charge on any atom is -0.387 e. The molecule has 0 amide bonds. The zero-order chi connectivity index (χ0) is 12.0. The lowest BCUT2D eigenvalue weighted by molar-refractivity contribution is 0.639. The number of hydrogen-bond donors (Lipinski definition) is 1. The van der Waals surface area contributed by atoms with Crippen molar-refractivity contribution in [1.82, 2.24) is 4.98 Å². The second kappa shape index (κ2) is 3.95. The highest BCUT2D eigenvalue weighted by Crippen LogP contribution is 2.42. The average Bonchev–Trinajstić information content (AvgIpc) is 3.16. The highest BCUT2D eigenvalue weighted by atomic mass is 79.9. The molecule has 0 atom stereocenters. The van der Waals surface area contributed by atoms with Crippen molar-refractivity contribution in [3.05, 3.63) is 34.2 Å². The summed E-state index contributed by atoms with van der Waals surface area (Å²) in [5.74, 6) is 0.323. The lowest BCUT2D eigenvalue weighted by atomic mass is 10.1. The van der Waals surface area contributed by atoms with Crippen LogP contribution in [0.2, 0.25) is 0 Å². The standard InChI is InChI=1S/C13H12BrFN2/c1-16-11-6-10(7-2-3-7)17-13-8(14)4-5-9(15)12(11)13/h4-7H,2-3H2,1H3,(H,16,17). The van der Waals surface area contributed by atoms with Gasteiger partial charge in [0.15, 0.2) is 0 Å². The molecule has 0 radical (unpaired) electrons. The van der Waals surface area contributed by atoms with E-state index in [2.05, 4.69) is 26.2 Å². The number of halogens is 2. The molecule has 1 aromatic heterocycles. The van der Waals surface area contributed by atoms with Crippen LogP contribution in [-0.2, 0) is 0 Å². The van der Waals surface area contributed by atoms with Gasteiger partial charge >= 0.3 is 0 Å². The van der Waals surface area contributed by atoms with Crippen molar-refractivity contribution in [3.63, 3.8) is 0 Å². The van der Waals surface area contributed by atoms with Gasteiger partial charge in [-0.05, 0) is 47.0 Å². The molecule has 0 spiro atoms. The van der Waals surface area contributed by atoms with Crippen LogP contribution in [0, 0.1) is 5.82 Å². The summed E-state index contributed by atoms with van der Waals surface area (Å²) >= 11 is 3.44. The van der Waals surface area contributed by atoms with E-state index in [1.54, 1.807) is 6.07 Å². The zero-order valence-corrected chi connectivity index (χ0v) is 11.0. The van der Waals surface area contributed by atoms with E-state index in [4.69, 9.17) is 0 Å². The molecule has 3 rings (SSSR count). The van der Waals surface area contributed by atoms with Gasteiger partial charge in [-0.1, -0.05) is 0 Å². The van der Waals surface area contributed by atoms with Crippen molar-refractivity contribution in [2.75, 3.05) is 12.4 Å². The van der Waals surface area contributed by atoms with Crippen molar-refractivity contribution in [3.8, 4) is 0 Å². The molecule has 88 valence electrons. The van der Waals surface area contributed by atoms with Crippen LogP contribution in [0.5, 0.6) is 0 Å². The lowest BCUT2D eigenvalue weighted by Gasteiger charge is -2.10. The van der Waals surface area contributed by atoms with Gasteiger partial charge in [0.05, 0.1) is 10.9 Å². The van der Waals surface area contributed by atoms with Crippen LogP contribution in [0.25, 0.3) is 10.9 Å². The van der Waals surface area contributed by atoms with Gasteiger partial charge in [-0.2, -0.15) is 0 Å². The lowest BCUT2D eigenvalue weighted by Crippen LogP contribution is -1.98. The van der Waals surface area contributed by atoms with Crippen molar-refractivity contribution < 1.29 is 4.39 Å². The second-order valence-electron chi connectivity index (χ2n) is 4.37.